The van der Waals surface area contributed by atoms with Crippen LogP contribution >= 0.6 is 0 Å². The molecule has 100 valence electrons. The topological polar surface area (TPSA) is 54.0 Å². The van der Waals surface area contributed by atoms with E-state index in [1.54, 1.807) is 25.3 Å². The molecule has 5 heteroatoms. The van der Waals surface area contributed by atoms with E-state index in [2.05, 4.69) is 0 Å². The van der Waals surface area contributed by atoms with Crippen molar-refractivity contribution in [3.05, 3.63) is 24.3 Å². The van der Waals surface area contributed by atoms with Crippen molar-refractivity contribution in [3.63, 3.8) is 0 Å². The lowest BCUT2D eigenvalue weighted by molar-refractivity contribution is -0.140. The van der Waals surface area contributed by atoms with Gasteiger partial charge in [-0.25, -0.2) is 4.79 Å². The van der Waals surface area contributed by atoms with Gasteiger partial charge in [-0.05, 0) is 19.1 Å². The van der Waals surface area contributed by atoms with Gasteiger partial charge < -0.3 is 18.9 Å². The molecule has 0 aliphatic carbocycles. The molecular formula is C13H18O5. The molecule has 0 radical (unpaired) electrons. The standard InChI is InChI=1S/C13H18O5/c1-3-17-11-6-4-5-7-12(11)18-13(14)10-16-9-8-15-2/h4-7H,3,8-10H2,1-2H3. The fourth-order valence-electron chi connectivity index (χ4n) is 1.26. The van der Waals surface area contributed by atoms with Crippen molar-refractivity contribution >= 4 is 5.97 Å². The number of esters is 1. The van der Waals surface area contributed by atoms with Gasteiger partial charge in [0.15, 0.2) is 11.5 Å². The van der Waals surface area contributed by atoms with E-state index in [0.29, 0.717) is 31.3 Å². The summed E-state index contributed by atoms with van der Waals surface area (Å²) >= 11 is 0. The first-order valence-electron chi connectivity index (χ1n) is 5.77. The van der Waals surface area contributed by atoms with Crippen molar-refractivity contribution in [1.29, 1.82) is 0 Å². The van der Waals surface area contributed by atoms with Crippen LogP contribution in [0.3, 0.4) is 0 Å². The normalized spacial score (nSPS) is 10.1. The molecule has 0 aliphatic heterocycles. The summed E-state index contributed by atoms with van der Waals surface area (Å²) in [6.45, 7) is 3.08. The average Bonchev–Trinajstić information content (AvgIpc) is 2.37. The van der Waals surface area contributed by atoms with Crippen LogP contribution in [0.15, 0.2) is 24.3 Å². The minimum absolute atomic E-state index is 0.107. The van der Waals surface area contributed by atoms with Gasteiger partial charge in [0, 0.05) is 7.11 Å². The molecule has 0 unspecified atom stereocenters. The van der Waals surface area contributed by atoms with E-state index in [1.165, 1.54) is 0 Å². The van der Waals surface area contributed by atoms with E-state index in [9.17, 15) is 4.79 Å². The van der Waals surface area contributed by atoms with Gasteiger partial charge in [0.05, 0.1) is 19.8 Å². The van der Waals surface area contributed by atoms with Gasteiger partial charge in [0.1, 0.15) is 6.61 Å². The predicted octanol–water partition coefficient (Wildman–Crippen LogP) is 1.65. The van der Waals surface area contributed by atoms with Gasteiger partial charge in [0.25, 0.3) is 0 Å². The van der Waals surface area contributed by atoms with E-state index in [1.807, 2.05) is 13.0 Å². The second-order valence-electron chi connectivity index (χ2n) is 3.40. The molecule has 0 bridgehead atoms. The Morgan fingerprint density at radius 1 is 1.17 bits per heavy atom. The number of hydrogen-bond donors (Lipinski definition) is 0. The lowest BCUT2D eigenvalue weighted by atomic mass is 10.3. The molecule has 1 aromatic carbocycles. The second kappa shape index (κ2) is 8.49. The van der Waals surface area contributed by atoms with Crippen molar-refractivity contribution in [1.82, 2.24) is 0 Å². The zero-order valence-electron chi connectivity index (χ0n) is 10.7. The highest BCUT2D eigenvalue weighted by molar-refractivity contribution is 5.74. The highest BCUT2D eigenvalue weighted by Gasteiger charge is 2.09. The molecule has 0 saturated heterocycles. The third kappa shape index (κ3) is 5.16. The maximum atomic E-state index is 11.5. The Labute approximate surface area is 107 Å². The lowest BCUT2D eigenvalue weighted by Crippen LogP contribution is -2.17. The van der Waals surface area contributed by atoms with Crippen LogP contribution < -0.4 is 9.47 Å². The maximum Gasteiger partial charge on any atom is 0.337 e. The van der Waals surface area contributed by atoms with Crippen molar-refractivity contribution < 1.29 is 23.7 Å². The first-order valence-corrected chi connectivity index (χ1v) is 5.77. The van der Waals surface area contributed by atoms with Gasteiger partial charge in [0.2, 0.25) is 0 Å². The summed E-state index contributed by atoms with van der Waals surface area (Å²) in [5.74, 6) is 0.489. The predicted molar refractivity (Wildman–Crippen MR) is 65.9 cm³/mol. The van der Waals surface area contributed by atoms with E-state index in [4.69, 9.17) is 18.9 Å². The molecule has 0 heterocycles. The SMILES string of the molecule is CCOc1ccccc1OC(=O)COCCOC. The zero-order chi connectivity index (χ0) is 13.2. The summed E-state index contributed by atoms with van der Waals surface area (Å²) in [4.78, 5) is 11.5. The van der Waals surface area contributed by atoms with Crippen LogP contribution in [0.4, 0.5) is 0 Å². The molecule has 1 rings (SSSR count). The molecular weight excluding hydrogens is 236 g/mol. The number of rotatable bonds is 8. The molecule has 0 atom stereocenters. The summed E-state index contributed by atoms with van der Waals surface area (Å²) < 4.78 is 20.4. The van der Waals surface area contributed by atoms with Crippen LogP contribution in [0, 0.1) is 0 Å². The Morgan fingerprint density at radius 2 is 1.89 bits per heavy atom. The van der Waals surface area contributed by atoms with Crippen LogP contribution in [0.5, 0.6) is 11.5 Å². The first-order chi connectivity index (χ1) is 8.77. The number of hydrogen-bond acceptors (Lipinski definition) is 5. The Morgan fingerprint density at radius 3 is 2.56 bits per heavy atom. The first kappa shape index (κ1) is 14.5. The molecule has 1 aromatic rings. The van der Waals surface area contributed by atoms with Crippen LogP contribution in [0.1, 0.15) is 6.92 Å². The third-order valence-corrected chi connectivity index (χ3v) is 2.02. The summed E-state index contributed by atoms with van der Waals surface area (Å²) in [6.07, 6.45) is 0. The van der Waals surface area contributed by atoms with Crippen molar-refractivity contribution in [2.24, 2.45) is 0 Å². The third-order valence-electron chi connectivity index (χ3n) is 2.02. The van der Waals surface area contributed by atoms with Gasteiger partial charge in [-0.15, -0.1) is 0 Å². The molecule has 18 heavy (non-hydrogen) atoms. The highest BCUT2D eigenvalue weighted by atomic mass is 16.6. The minimum Gasteiger partial charge on any atom is -0.490 e. The average molecular weight is 254 g/mol. The van der Waals surface area contributed by atoms with Crippen LogP contribution in [-0.4, -0.2) is 39.5 Å². The number of para-hydroxylation sites is 2. The number of ether oxygens (including phenoxy) is 4. The number of methoxy groups -OCH3 is 1. The fourth-order valence-corrected chi connectivity index (χ4v) is 1.26. The molecule has 0 aliphatic rings. The van der Waals surface area contributed by atoms with Crippen LogP contribution in [0.2, 0.25) is 0 Å². The van der Waals surface area contributed by atoms with E-state index in [0.717, 1.165) is 0 Å². The Bertz CT molecular complexity index is 364. The fraction of sp³-hybridized carbons (Fsp3) is 0.462. The van der Waals surface area contributed by atoms with Crippen molar-refractivity contribution in [2.45, 2.75) is 6.92 Å². The van der Waals surface area contributed by atoms with Gasteiger partial charge in [-0.3, -0.25) is 0 Å². The lowest BCUT2D eigenvalue weighted by Gasteiger charge is -2.10. The molecule has 0 saturated carbocycles. The molecule has 0 fully saturated rings. The second-order valence-corrected chi connectivity index (χ2v) is 3.40. The van der Waals surface area contributed by atoms with E-state index >= 15 is 0 Å². The molecule has 0 N–H and O–H groups in total. The zero-order valence-corrected chi connectivity index (χ0v) is 10.7. The monoisotopic (exact) mass is 254 g/mol. The van der Waals surface area contributed by atoms with Gasteiger partial charge >= 0.3 is 5.97 Å². The highest BCUT2D eigenvalue weighted by Crippen LogP contribution is 2.26. The molecule has 0 aromatic heterocycles. The van der Waals surface area contributed by atoms with E-state index in [-0.39, 0.29) is 6.61 Å². The van der Waals surface area contributed by atoms with Gasteiger partial charge in [-0.2, -0.15) is 0 Å². The summed E-state index contributed by atoms with van der Waals surface area (Å²) in [5, 5.41) is 0. The molecule has 0 spiro atoms. The number of carbonyl (C=O) groups is 1. The molecule has 5 nitrogen and oxygen atoms in total. The number of carbonyl (C=O) groups excluding carboxylic acids is 1. The molecule has 0 amide bonds. The smallest absolute Gasteiger partial charge is 0.337 e. The minimum atomic E-state index is -0.460. The summed E-state index contributed by atoms with van der Waals surface area (Å²) in [6, 6.07) is 7.02. The number of benzene rings is 1. The van der Waals surface area contributed by atoms with Crippen LogP contribution in [-0.2, 0) is 14.3 Å². The van der Waals surface area contributed by atoms with Crippen molar-refractivity contribution in [3.8, 4) is 11.5 Å². The quantitative estimate of drug-likeness (QED) is 0.401. The van der Waals surface area contributed by atoms with E-state index < -0.39 is 5.97 Å². The summed E-state index contributed by atoms with van der Waals surface area (Å²) in [5.41, 5.74) is 0. The Hall–Kier alpha value is -1.59. The largest absolute Gasteiger partial charge is 0.490 e. The van der Waals surface area contributed by atoms with Gasteiger partial charge in [-0.1, -0.05) is 12.1 Å². The Balaban J connectivity index is 2.43. The Kier molecular flexibility index (Phi) is 6.83. The maximum absolute atomic E-state index is 11.5. The summed E-state index contributed by atoms with van der Waals surface area (Å²) in [7, 11) is 1.57. The van der Waals surface area contributed by atoms with Crippen LogP contribution in [0.25, 0.3) is 0 Å². The van der Waals surface area contributed by atoms with Crippen molar-refractivity contribution in [2.75, 3.05) is 33.5 Å².